The van der Waals surface area contributed by atoms with E-state index in [1.807, 2.05) is 16.8 Å². The van der Waals surface area contributed by atoms with E-state index in [1.165, 1.54) is 28.2 Å². The number of aromatic nitrogens is 4. The van der Waals surface area contributed by atoms with E-state index in [-0.39, 0.29) is 16.4 Å². The first-order valence-electron chi connectivity index (χ1n) is 9.34. The number of fused-ring (bicyclic) bond motifs is 1. The number of benzene rings is 2. The summed E-state index contributed by atoms with van der Waals surface area (Å²) in [4.78, 5) is 9.17. The molecule has 0 aliphatic rings. The number of nitrogens with zero attached hydrogens (tertiary/aromatic N) is 4. The van der Waals surface area contributed by atoms with Crippen molar-refractivity contribution in [2.24, 2.45) is 0 Å². The number of thiophene rings is 1. The highest BCUT2D eigenvalue weighted by Crippen LogP contribution is 2.30. The second kappa shape index (κ2) is 7.57. The summed E-state index contributed by atoms with van der Waals surface area (Å²) in [5.74, 6) is -1.77. The van der Waals surface area contributed by atoms with Crippen molar-refractivity contribution in [1.82, 2.24) is 19.7 Å². The summed E-state index contributed by atoms with van der Waals surface area (Å²) >= 11 is 1.46. The van der Waals surface area contributed by atoms with Crippen LogP contribution in [0.4, 0.5) is 8.78 Å². The van der Waals surface area contributed by atoms with E-state index in [1.54, 1.807) is 24.5 Å². The van der Waals surface area contributed by atoms with Gasteiger partial charge < -0.3 is 0 Å². The van der Waals surface area contributed by atoms with Gasteiger partial charge in [0.05, 0.1) is 22.3 Å². The smallest absolute Gasteiger partial charge is 0.224 e. The molecule has 5 rings (SSSR count). The largest absolute Gasteiger partial charge is 0.251 e. The van der Waals surface area contributed by atoms with E-state index in [0.717, 1.165) is 35.1 Å². The predicted octanol–water partition coefficient (Wildman–Crippen LogP) is 4.89. The molecule has 0 saturated carbocycles. The summed E-state index contributed by atoms with van der Waals surface area (Å²) in [6.45, 7) is 0. The highest BCUT2D eigenvalue weighted by molar-refractivity contribution is 7.90. The van der Waals surface area contributed by atoms with E-state index in [2.05, 4.69) is 15.1 Å². The van der Waals surface area contributed by atoms with E-state index in [9.17, 15) is 17.2 Å². The molecule has 0 bridgehead atoms. The maximum absolute atomic E-state index is 13.9. The molecular weight excluding hydrogens is 454 g/mol. The van der Waals surface area contributed by atoms with Crippen LogP contribution in [0.1, 0.15) is 0 Å². The monoisotopic (exact) mass is 468 g/mol. The normalized spacial score (nSPS) is 11.8. The van der Waals surface area contributed by atoms with Crippen molar-refractivity contribution >= 4 is 32.1 Å². The maximum atomic E-state index is 13.9. The summed E-state index contributed by atoms with van der Waals surface area (Å²) < 4.78 is 52.6. The third kappa shape index (κ3) is 3.67. The van der Waals surface area contributed by atoms with Crippen LogP contribution in [0.2, 0.25) is 0 Å². The Bertz CT molecular complexity index is 1560. The van der Waals surface area contributed by atoms with Crippen LogP contribution in [0.15, 0.2) is 70.5 Å². The van der Waals surface area contributed by atoms with Gasteiger partial charge in [0.15, 0.2) is 21.5 Å². The van der Waals surface area contributed by atoms with Crippen LogP contribution in [-0.4, -0.2) is 34.4 Å². The molecule has 6 nitrogen and oxygen atoms in total. The molecule has 0 unspecified atom stereocenters. The molecule has 5 aromatic rings. The standard InChI is InChI=1S/C22H14F2N4O2S2/c1-32(29,30)16-4-2-13(3-5-16)15-10-25-28(11-15)22-26-20-9-19(24)18(23)8-17(20)21(27-22)14-6-7-31-12-14/h2-12H,1H3. The van der Waals surface area contributed by atoms with Gasteiger partial charge in [-0.3, -0.25) is 0 Å². The molecular formula is C22H14F2N4O2S2. The zero-order valence-electron chi connectivity index (χ0n) is 16.5. The van der Waals surface area contributed by atoms with Gasteiger partial charge in [-0.15, -0.1) is 0 Å². The summed E-state index contributed by atoms with van der Waals surface area (Å²) in [5, 5.41) is 8.45. The molecule has 0 spiro atoms. The molecule has 160 valence electrons. The Morgan fingerprint density at radius 2 is 1.69 bits per heavy atom. The molecule has 0 aliphatic carbocycles. The highest BCUT2D eigenvalue weighted by Gasteiger charge is 2.16. The predicted molar refractivity (Wildman–Crippen MR) is 118 cm³/mol. The minimum absolute atomic E-state index is 0.198. The van der Waals surface area contributed by atoms with Crippen LogP contribution >= 0.6 is 11.3 Å². The Balaban J connectivity index is 1.61. The van der Waals surface area contributed by atoms with Gasteiger partial charge in [-0.25, -0.2) is 31.8 Å². The number of halogens is 2. The average Bonchev–Trinajstić information content (AvgIpc) is 3.46. The zero-order valence-corrected chi connectivity index (χ0v) is 18.2. The molecule has 3 aromatic heterocycles. The van der Waals surface area contributed by atoms with Crippen molar-refractivity contribution in [3.8, 4) is 28.3 Å². The minimum atomic E-state index is -3.29. The third-order valence-corrected chi connectivity index (χ3v) is 6.74. The first-order valence-corrected chi connectivity index (χ1v) is 12.2. The molecule has 2 aromatic carbocycles. The van der Waals surface area contributed by atoms with Gasteiger partial charge in [-0.2, -0.15) is 16.4 Å². The Morgan fingerprint density at radius 3 is 2.38 bits per heavy atom. The molecule has 32 heavy (non-hydrogen) atoms. The lowest BCUT2D eigenvalue weighted by Crippen LogP contribution is -2.04. The van der Waals surface area contributed by atoms with Crippen molar-refractivity contribution in [3.63, 3.8) is 0 Å². The highest BCUT2D eigenvalue weighted by atomic mass is 32.2. The molecule has 0 fully saturated rings. The van der Waals surface area contributed by atoms with E-state index < -0.39 is 21.5 Å². The zero-order chi connectivity index (χ0) is 22.5. The summed E-state index contributed by atoms with van der Waals surface area (Å²) in [5.41, 5.74) is 2.97. The summed E-state index contributed by atoms with van der Waals surface area (Å²) in [7, 11) is -3.29. The Morgan fingerprint density at radius 1 is 0.938 bits per heavy atom. The van der Waals surface area contributed by atoms with Crippen molar-refractivity contribution in [2.75, 3.05) is 6.26 Å². The van der Waals surface area contributed by atoms with Gasteiger partial charge in [0.1, 0.15) is 0 Å². The van der Waals surface area contributed by atoms with Crippen molar-refractivity contribution in [2.45, 2.75) is 4.90 Å². The number of hydrogen-bond donors (Lipinski definition) is 0. The van der Waals surface area contributed by atoms with Gasteiger partial charge in [0.2, 0.25) is 0 Å². The second-order valence-electron chi connectivity index (χ2n) is 7.14. The molecule has 0 aliphatic heterocycles. The number of hydrogen-bond acceptors (Lipinski definition) is 6. The Labute approximate surface area is 185 Å². The fourth-order valence-electron chi connectivity index (χ4n) is 3.31. The second-order valence-corrected chi connectivity index (χ2v) is 9.93. The molecule has 0 saturated heterocycles. The van der Waals surface area contributed by atoms with Gasteiger partial charge in [0, 0.05) is 40.4 Å². The van der Waals surface area contributed by atoms with Crippen LogP contribution in [-0.2, 0) is 9.84 Å². The van der Waals surface area contributed by atoms with Gasteiger partial charge in [0.25, 0.3) is 5.95 Å². The quantitative estimate of drug-likeness (QED) is 0.375. The first-order chi connectivity index (χ1) is 15.3. The topological polar surface area (TPSA) is 77.7 Å². The van der Waals surface area contributed by atoms with E-state index in [4.69, 9.17) is 0 Å². The van der Waals surface area contributed by atoms with E-state index >= 15 is 0 Å². The molecule has 3 heterocycles. The van der Waals surface area contributed by atoms with Crippen molar-refractivity contribution in [1.29, 1.82) is 0 Å². The lowest BCUT2D eigenvalue weighted by atomic mass is 10.1. The van der Waals surface area contributed by atoms with Gasteiger partial charge in [-0.05, 0) is 35.2 Å². The molecule has 0 amide bonds. The van der Waals surface area contributed by atoms with Crippen LogP contribution in [0.5, 0.6) is 0 Å². The average molecular weight is 469 g/mol. The van der Waals surface area contributed by atoms with Gasteiger partial charge in [-0.1, -0.05) is 12.1 Å². The van der Waals surface area contributed by atoms with Crippen LogP contribution in [0.25, 0.3) is 39.2 Å². The summed E-state index contributed by atoms with van der Waals surface area (Å²) in [6.07, 6.45) is 4.43. The van der Waals surface area contributed by atoms with Crippen molar-refractivity contribution in [3.05, 3.63) is 77.3 Å². The van der Waals surface area contributed by atoms with Crippen molar-refractivity contribution < 1.29 is 17.2 Å². The van der Waals surface area contributed by atoms with Crippen LogP contribution in [0.3, 0.4) is 0 Å². The van der Waals surface area contributed by atoms with Gasteiger partial charge >= 0.3 is 0 Å². The lowest BCUT2D eigenvalue weighted by Gasteiger charge is -2.08. The molecule has 10 heteroatoms. The van der Waals surface area contributed by atoms with E-state index in [0.29, 0.717) is 11.1 Å². The number of sulfone groups is 1. The summed E-state index contributed by atoms with van der Waals surface area (Å²) in [6, 6.07) is 10.4. The van der Waals surface area contributed by atoms with Crippen LogP contribution in [0, 0.1) is 11.6 Å². The molecule has 0 atom stereocenters. The fourth-order valence-corrected chi connectivity index (χ4v) is 4.58. The molecule has 0 N–H and O–H groups in total. The lowest BCUT2D eigenvalue weighted by molar-refractivity contribution is 0.510. The van der Waals surface area contributed by atoms with Crippen LogP contribution < -0.4 is 0 Å². The third-order valence-electron chi connectivity index (χ3n) is 4.92. The SMILES string of the molecule is CS(=O)(=O)c1ccc(-c2cnn(-c3nc(-c4ccsc4)c4cc(F)c(F)cc4n3)c2)cc1. The fraction of sp³-hybridized carbons (Fsp3) is 0.0455. The Hall–Kier alpha value is -3.50. The first kappa shape index (κ1) is 20.4. The number of rotatable bonds is 4. The molecule has 0 radical (unpaired) electrons. The minimum Gasteiger partial charge on any atom is -0.224 e. The Kier molecular flexibility index (Phi) is 4.83. The maximum Gasteiger partial charge on any atom is 0.251 e.